The summed E-state index contributed by atoms with van der Waals surface area (Å²) in [6.45, 7) is 4.94. The van der Waals surface area contributed by atoms with Crippen molar-refractivity contribution in [3.8, 4) is 5.82 Å². The van der Waals surface area contributed by atoms with Gasteiger partial charge in [0.25, 0.3) is 5.91 Å². The summed E-state index contributed by atoms with van der Waals surface area (Å²) in [5.41, 5.74) is 1.06. The number of alkyl halides is 3. The number of carbonyl (C=O) groups is 2. The Balaban J connectivity index is 2.29. The van der Waals surface area contributed by atoms with Gasteiger partial charge in [-0.1, -0.05) is 5.16 Å². The first-order valence-corrected chi connectivity index (χ1v) is 7.22. The highest BCUT2D eigenvalue weighted by atomic mass is 19.4. The maximum absolute atomic E-state index is 12.5. The molecule has 0 spiro atoms. The van der Waals surface area contributed by atoms with Crippen molar-refractivity contribution in [2.24, 2.45) is 0 Å². The van der Waals surface area contributed by atoms with Crippen LogP contribution in [0.4, 0.5) is 13.2 Å². The van der Waals surface area contributed by atoms with Gasteiger partial charge in [0.05, 0.1) is 12.0 Å². The molecule has 0 aliphatic rings. The molecule has 2 heterocycles. The van der Waals surface area contributed by atoms with Gasteiger partial charge in [0.1, 0.15) is 11.8 Å². The Bertz CT molecular complexity index is 808. The molecular weight excluding hydrogens is 343 g/mol. The van der Waals surface area contributed by atoms with Crippen molar-refractivity contribution in [3.05, 3.63) is 34.8 Å². The van der Waals surface area contributed by atoms with E-state index in [0.29, 0.717) is 23.0 Å². The first kappa shape index (κ1) is 18.6. The van der Waals surface area contributed by atoms with Crippen LogP contribution in [0, 0.1) is 20.8 Å². The van der Waals surface area contributed by atoms with Crippen LogP contribution >= 0.6 is 0 Å². The molecule has 0 aromatic carbocycles. The molecule has 7 nitrogen and oxygen atoms in total. The van der Waals surface area contributed by atoms with Crippen LogP contribution in [0.3, 0.4) is 0 Å². The Labute approximate surface area is 140 Å². The lowest BCUT2D eigenvalue weighted by molar-refractivity contribution is -0.157. The number of aliphatic carboxylic acids is 1. The summed E-state index contributed by atoms with van der Waals surface area (Å²) in [5.74, 6) is -1.70. The van der Waals surface area contributed by atoms with E-state index in [9.17, 15) is 22.8 Å². The van der Waals surface area contributed by atoms with E-state index in [1.54, 1.807) is 31.4 Å². The van der Waals surface area contributed by atoms with Gasteiger partial charge in [-0.25, -0.2) is 4.79 Å². The Hall–Kier alpha value is -2.78. The summed E-state index contributed by atoms with van der Waals surface area (Å²) in [6.07, 6.45) is -6.37. The number of carboxylic acid groups (broad SMARTS) is 1. The van der Waals surface area contributed by atoms with Crippen molar-refractivity contribution in [2.75, 3.05) is 0 Å². The molecule has 1 amide bonds. The lowest BCUT2D eigenvalue weighted by Gasteiger charge is -2.16. The van der Waals surface area contributed by atoms with E-state index in [2.05, 4.69) is 5.16 Å². The van der Waals surface area contributed by atoms with Gasteiger partial charge in [-0.15, -0.1) is 0 Å². The molecule has 0 bridgehead atoms. The maximum atomic E-state index is 12.5. The average Bonchev–Trinajstić information content (AvgIpc) is 3.00. The fourth-order valence-corrected chi connectivity index (χ4v) is 2.47. The topological polar surface area (TPSA) is 97.4 Å². The molecule has 0 aliphatic carbocycles. The third-order valence-corrected chi connectivity index (χ3v) is 3.56. The van der Waals surface area contributed by atoms with Gasteiger partial charge in [0.15, 0.2) is 5.82 Å². The standard InChI is InChI=1S/C15H16F3N3O4/c1-7-4-10(9(3)21(7)12-5-8(2)25-20-12)13(22)19-11(14(23)24)6-15(16,17)18/h4-5,11H,6H2,1-3H3,(H,19,22)(H,23,24). The molecule has 1 unspecified atom stereocenters. The first-order chi connectivity index (χ1) is 11.5. The number of halogens is 3. The van der Waals surface area contributed by atoms with E-state index in [-0.39, 0.29) is 5.56 Å². The van der Waals surface area contributed by atoms with Crippen molar-refractivity contribution in [3.63, 3.8) is 0 Å². The summed E-state index contributed by atoms with van der Waals surface area (Å²) in [7, 11) is 0. The van der Waals surface area contributed by atoms with Gasteiger partial charge >= 0.3 is 12.1 Å². The molecule has 25 heavy (non-hydrogen) atoms. The Morgan fingerprint density at radius 1 is 1.32 bits per heavy atom. The van der Waals surface area contributed by atoms with E-state index in [1.165, 1.54) is 6.07 Å². The van der Waals surface area contributed by atoms with E-state index in [4.69, 9.17) is 9.63 Å². The van der Waals surface area contributed by atoms with E-state index < -0.39 is 30.5 Å². The second-order valence-electron chi connectivity index (χ2n) is 5.60. The SMILES string of the molecule is Cc1cc(-n2c(C)cc(C(=O)NC(CC(F)(F)F)C(=O)O)c2C)no1. The van der Waals surface area contributed by atoms with Crippen LogP contribution in [0.5, 0.6) is 0 Å². The fourth-order valence-electron chi connectivity index (χ4n) is 2.47. The molecule has 0 radical (unpaired) electrons. The molecule has 136 valence electrons. The monoisotopic (exact) mass is 359 g/mol. The van der Waals surface area contributed by atoms with Crippen molar-refractivity contribution in [1.29, 1.82) is 0 Å². The molecule has 10 heteroatoms. The van der Waals surface area contributed by atoms with Gasteiger partial charge < -0.3 is 14.9 Å². The minimum absolute atomic E-state index is 0.0616. The number of hydrogen-bond acceptors (Lipinski definition) is 4. The molecule has 2 rings (SSSR count). The predicted octanol–water partition coefficient (Wildman–Crippen LogP) is 2.53. The number of nitrogens with one attached hydrogen (secondary N) is 1. The van der Waals surface area contributed by atoms with Gasteiger partial charge in [0.2, 0.25) is 0 Å². The average molecular weight is 359 g/mol. The molecule has 2 N–H and O–H groups in total. The van der Waals surface area contributed by atoms with Gasteiger partial charge in [-0.2, -0.15) is 13.2 Å². The molecule has 0 saturated heterocycles. The highest BCUT2D eigenvalue weighted by Gasteiger charge is 2.36. The number of rotatable bonds is 5. The molecule has 0 aliphatic heterocycles. The molecule has 2 aromatic rings. The normalized spacial score (nSPS) is 12.9. The van der Waals surface area contributed by atoms with E-state index in [1.807, 2.05) is 5.32 Å². The molecule has 0 fully saturated rings. The summed E-state index contributed by atoms with van der Waals surface area (Å²) in [4.78, 5) is 23.3. The van der Waals surface area contributed by atoms with Crippen molar-refractivity contribution < 1.29 is 32.4 Å². The predicted molar refractivity (Wildman–Crippen MR) is 79.6 cm³/mol. The molecule has 2 aromatic heterocycles. The Kier molecular flexibility index (Phi) is 4.91. The molecule has 1 atom stereocenters. The van der Waals surface area contributed by atoms with E-state index in [0.717, 1.165) is 0 Å². The zero-order valence-corrected chi connectivity index (χ0v) is 13.6. The van der Waals surface area contributed by atoms with Crippen LogP contribution in [0.25, 0.3) is 5.82 Å². The number of nitrogens with zero attached hydrogens (tertiary/aromatic N) is 2. The third kappa shape index (κ3) is 4.20. The highest BCUT2D eigenvalue weighted by molar-refractivity contribution is 5.98. The number of amides is 1. The largest absolute Gasteiger partial charge is 0.480 e. The van der Waals surface area contributed by atoms with Crippen LogP contribution in [-0.2, 0) is 4.79 Å². The van der Waals surface area contributed by atoms with Gasteiger partial charge in [-0.05, 0) is 26.8 Å². The summed E-state index contributed by atoms with van der Waals surface area (Å²) in [5, 5.41) is 14.6. The van der Waals surface area contributed by atoms with Crippen molar-refractivity contribution in [1.82, 2.24) is 15.0 Å². The first-order valence-electron chi connectivity index (χ1n) is 7.22. The minimum Gasteiger partial charge on any atom is -0.480 e. The number of carbonyl (C=O) groups excluding carboxylic acids is 1. The highest BCUT2D eigenvalue weighted by Crippen LogP contribution is 2.23. The second-order valence-corrected chi connectivity index (χ2v) is 5.60. The summed E-state index contributed by atoms with van der Waals surface area (Å²) in [6, 6.07) is 1.01. The van der Waals surface area contributed by atoms with Gasteiger partial charge in [0, 0.05) is 17.5 Å². The van der Waals surface area contributed by atoms with Crippen LogP contribution in [-0.4, -0.2) is 38.9 Å². The third-order valence-electron chi connectivity index (χ3n) is 3.56. The second kappa shape index (κ2) is 6.61. The van der Waals surface area contributed by atoms with Gasteiger partial charge in [-0.3, -0.25) is 9.36 Å². The fraction of sp³-hybridized carbons (Fsp3) is 0.400. The Morgan fingerprint density at radius 3 is 2.44 bits per heavy atom. The summed E-state index contributed by atoms with van der Waals surface area (Å²) >= 11 is 0. The van der Waals surface area contributed by atoms with Crippen LogP contribution < -0.4 is 5.32 Å². The molecular formula is C15H16F3N3O4. The number of carboxylic acids is 1. The number of aromatic nitrogens is 2. The quantitative estimate of drug-likeness (QED) is 0.855. The zero-order chi connectivity index (χ0) is 18.9. The maximum Gasteiger partial charge on any atom is 0.391 e. The number of hydrogen-bond donors (Lipinski definition) is 2. The van der Waals surface area contributed by atoms with Crippen LogP contribution in [0.15, 0.2) is 16.7 Å². The van der Waals surface area contributed by atoms with Crippen LogP contribution in [0.2, 0.25) is 0 Å². The molecule has 0 saturated carbocycles. The van der Waals surface area contributed by atoms with E-state index >= 15 is 0 Å². The lowest BCUT2D eigenvalue weighted by atomic mass is 10.1. The van der Waals surface area contributed by atoms with Crippen molar-refractivity contribution in [2.45, 2.75) is 39.4 Å². The lowest BCUT2D eigenvalue weighted by Crippen LogP contribution is -2.43. The smallest absolute Gasteiger partial charge is 0.391 e. The number of aryl methyl sites for hydroxylation is 2. The van der Waals surface area contributed by atoms with Crippen molar-refractivity contribution >= 4 is 11.9 Å². The summed E-state index contributed by atoms with van der Waals surface area (Å²) < 4.78 is 43.9. The Morgan fingerprint density at radius 2 is 1.96 bits per heavy atom. The zero-order valence-electron chi connectivity index (χ0n) is 13.6. The minimum atomic E-state index is -4.72. The van der Waals surface area contributed by atoms with Crippen LogP contribution in [0.1, 0.15) is 33.9 Å².